The summed E-state index contributed by atoms with van der Waals surface area (Å²) >= 11 is 0. The number of carboxylic acids is 1. The molecule has 0 bridgehead atoms. The van der Waals surface area contributed by atoms with Crippen molar-refractivity contribution < 1.29 is 39.2 Å². The Balaban J connectivity index is 1.62. The number of aliphatic carboxylic acids is 1. The van der Waals surface area contributed by atoms with Gasteiger partial charge in [0.15, 0.2) is 29.2 Å². The number of carbonyl (C=O) groups is 1. The number of nitro groups is 1. The highest BCUT2D eigenvalue weighted by Crippen LogP contribution is 2.37. The molecule has 1 unspecified atom stereocenters. The zero-order chi connectivity index (χ0) is 29.1. The summed E-state index contributed by atoms with van der Waals surface area (Å²) in [5, 5.41) is 42.9. The number of hydrogen-bond acceptors (Lipinski definition) is 13. The fraction of sp³-hybridized carbons (Fsp3) is 0.478. The molecule has 16 nitrogen and oxygen atoms in total. The van der Waals surface area contributed by atoms with Crippen LogP contribution in [-0.4, -0.2) is 95.8 Å². The van der Waals surface area contributed by atoms with Crippen molar-refractivity contribution in [1.29, 1.82) is 0 Å². The van der Waals surface area contributed by atoms with Gasteiger partial charge in [-0.15, -0.1) is 0 Å². The number of anilines is 1. The first-order chi connectivity index (χ1) is 19.0. The summed E-state index contributed by atoms with van der Waals surface area (Å²) in [5.74, 6) is -0.0187. The summed E-state index contributed by atoms with van der Waals surface area (Å²) in [5.41, 5.74) is 12.3. The molecule has 0 radical (unpaired) electrons. The second kappa shape index (κ2) is 12.2. The van der Waals surface area contributed by atoms with Gasteiger partial charge < -0.3 is 41.0 Å². The zero-order valence-electron chi connectivity index (χ0n) is 21.6. The predicted octanol–water partition coefficient (Wildman–Crippen LogP) is -0.426. The van der Waals surface area contributed by atoms with Gasteiger partial charge in [0.05, 0.1) is 37.1 Å². The second-order valence-corrected chi connectivity index (χ2v) is 11.3. The number of aliphatic hydroxyl groups excluding tert-OH is 2. The van der Waals surface area contributed by atoms with Crippen LogP contribution in [0.2, 0.25) is 0 Å². The number of nitrogens with two attached hydrogens (primary N) is 2. The molecule has 3 aromatic rings. The van der Waals surface area contributed by atoms with Gasteiger partial charge in [0.25, 0.3) is 5.69 Å². The third-order valence-electron chi connectivity index (χ3n) is 6.57. The van der Waals surface area contributed by atoms with Crippen LogP contribution in [0.1, 0.15) is 18.2 Å². The molecule has 3 heterocycles. The van der Waals surface area contributed by atoms with Gasteiger partial charge in [0.1, 0.15) is 53.5 Å². The number of rotatable bonds is 12. The van der Waals surface area contributed by atoms with Crippen LogP contribution >= 0.6 is 0 Å². The highest BCUT2D eigenvalue weighted by molar-refractivity contribution is 7.96. The van der Waals surface area contributed by atoms with E-state index in [9.17, 15) is 30.2 Å². The minimum absolute atomic E-state index is 0.0800. The van der Waals surface area contributed by atoms with Crippen molar-refractivity contribution in [3.63, 3.8) is 0 Å². The molecule has 1 aromatic carbocycles. The summed E-state index contributed by atoms with van der Waals surface area (Å²) in [6, 6.07) is 1.61. The Labute approximate surface area is 230 Å². The number of fused-ring (bicyclic) bond motifs is 1. The first-order valence-electron chi connectivity index (χ1n) is 12.0. The number of nitrogen functional groups attached to an aromatic ring is 1. The van der Waals surface area contributed by atoms with Crippen LogP contribution in [0.4, 0.5) is 11.5 Å². The second-order valence-electron chi connectivity index (χ2n) is 9.08. The van der Waals surface area contributed by atoms with E-state index in [-0.39, 0.29) is 46.7 Å². The Hall–Kier alpha value is -3.77. The molecular formula is C23H30N7O9S+. The van der Waals surface area contributed by atoms with E-state index in [0.717, 1.165) is 0 Å². The molecule has 1 saturated heterocycles. The fourth-order valence-electron chi connectivity index (χ4n) is 4.43. The van der Waals surface area contributed by atoms with E-state index >= 15 is 0 Å². The molecule has 0 saturated carbocycles. The van der Waals surface area contributed by atoms with Crippen molar-refractivity contribution >= 4 is 39.5 Å². The molecule has 1 fully saturated rings. The number of aliphatic hydroxyl groups is 2. The summed E-state index contributed by atoms with van der Waals surface area (Å²) in [7, 11) is 1.98. The lowest BCUT2D eigenvalue weighted by molar-refractivity contribution is -0.385. The van der Waals surface area contributed by atoms with Gasteiger partial charge in [-0.25, -0.2) is 15.0 Å². The van der Waals surface area contributed by atoms with Crippen LogP contribution in [0.15, 0.2) is 24.8 Å². The lowest BCUT2D eigenvalue weighted by Gasteiger charge is -2.18. The molecule has 1 aliphatic rings. The van der Waals surface area contributed by atoms with Gasteiger partial charge in [-0.2, -0.15) is 0 Å². The largest absolute Gasteiger partial charge is 0.493 e. The highest BCUT2D eigenvalue weighted by atomic mass is 32.2. The highest BCUT2D eigenvalue weighted by Gasteiger charge is 2.47. The average Bonchev–Trinajstić information content (AvgIpc) is 3.48. The third-order valence-corrected chi connectivity index (χ3v) is 8.91. The Kier molecular flexibility index (Phi) is 8.89. The molecule has 17 heteroatoms. The number of aromatic nitrogens is 4. The van der Waals surface area contributed by atoms with E-state index in [4.69, 9.17) is 25.7 Å². The van der Waals surface area contributed by atoms with Crippen molar-refractivity contribution in [3.8, 4) is 11.5 Å². The lowest BCUT2D eigenvalue weighted by Crippen LogP contribution is -2.38. The molecule has 40 heavy (non-hydrogen) atoms. The SMILES string of the molecule is COc1cc(C[S+](CC[C@@H](N)C(=O)O)C[C@H]2O[C@@H](n3cnc4c(N)ncnc43)[C@H](O)[C@@H]2O)c([N+](=O)[O-])cc1OC. The number of ether oxygens (including phenoxy) is 3. The van der Waals surface area contributed by atoms with Gasteiger partial charge >= 0.3 is 5.97 Å². The maximum Gasteiger partial charge on any atom is 0.320 e. The van der Waals surface area contributed by atoms with Crippen molar-refractivity contribution in [2.75, 3.05) is 31.5 Å². The van der Waals surface area contributed by atoms with E-state index in [1.54, 1.807) is 0 Å². The number of imidazole rings is 1. The summed E-state index contributed by atoms with van der Waals surface area (Å²) in [6.45, 7) is 0. The molecule has 7 N–H and O–H groups in total. The Morgan fingerprint density at radius 1 is 1.23 bits per heavy atom. The lowest BCUT2D eigenvalue weighted by atomic mass is 10.1. The van der Waals surface area contributed by atoms with Gasteiger partial charge in [-0.3, -0.25) is 19.5 Å². The van der Waals surface area contributed by atoms with E-state index in [1.165, 1.54) is 43.6 Å². The van der Waals surface area contributed by atoms with Crippen LogP contribution in [0.3, 0.4) is 0 Å². The van der Waals surface area contributed by atoms with Gasteiger partial charge in [0.2, 0.25) is 0 Å². The van der Waals surface area contributed by atoms with Crippen LogP contribution in [0.5, 0.6) is 11.5 Å². The number of carboxylic acid groups (broad SMARTS) is 1. The van der Waals surface area contributed by atoms with Crippen LogP contribution in [0.25, 0.3) is 11.2 Å². The molecular weight excluding hydrogens is 550 g/mol. The van der Waals surface area contributed by atoms with Crippen LogP contribution < -0.4 is 20.9 Å². The Bertz CT molecular complexity index is 1390. The van der Waals surface area contributed by atoms with Crippen LogP contribution in [0, 0.1) is 10.1 Å². The molecule has 0 spiro atoms. The van der Waals surface area contributed by atoms with E-state index in [1.807, 2.05) is 0 Å². The normalized spacial score (nSPS) is 22.2. The van der Waals surface area contributed by atoms with Crippen molar-refractivity contribution in [3.05, 3.63) is 40.5 Å². The maximum absolute atomic E-state index is 11.9. The number of hydrogen-bond donors (Lipinski definition) is 5. The number of methoxy groups -OCH3 is 2. The maximum atomic E-state index is 11.9. The topological polar surface area (TPSA) is 244 Å². The molecule has 4 rings (SSSR count). The predicted molar refractivity (Wildman–Crippen MR) is 143 cm³/mol. The minimum atomic E-state index is -1.36. The Morgan fingerprint density at radius 2 is 1.93 bits per heavy atom. The first kappa shape index (κ1) is 29.2. The fourth-order valence-corrected chi connectivity index (χ4v) is 6.86. The molecule has 2 aromatic heterocycles. The molecule has 6 atom stereocenters. The van der Waals surface area contributed by atoms with Crippen LogP contribution in [-0.2, 0) is 26.2 Å². The summed E-state index contributed by atoms with van der Waals surface area (Å²) < 4.78 is 18.0. The van der Waals surface area contributed by atoms with E-state index < -0.39 is 52.4 Å². The summed E-state index contributed by atoms with van der Waals surface area (Å²) in [4.78, 5) is 34.9. The van der Waals surface area contributed by atoms with Crippen molar-refractivity contribution in [2.45, 2.75) is 42.8 Å². The van der Waals surface area contributed by atoms with E-state index in [2.05, 4.69) is 15.0 Å². The number of benzene rings is 1. The number of nitrogens with zero attached hydrogens (tertiary/aromatic N) is 5. The van der Waals surface area contributed by atoms with Gasteiger partial charge in [-0.05, 0) is 17.0 Å². The average molecular weight is 581 g/mol. The quantitative estimate of drug-likeness (QED) is 0.104. The number of nitro benzene ring substituents is 1. The molecule has 1 aliphatic heterocycles. The first-order valence-corrected chi connectivity index (χ1v) is 13.7. The standard InChI is InChI=1S/C23H29N7O9S/c1-37-14-5-11(13(30(35)36)6-15(14)38-2)7-40(4-3-12(24)23(33)34)8-16-18(31)19(32)22(39-16)29-10-28-17-20(25)26-9-27-21(17)29/h5-6,9-10,12,16,18-19,22,31-32H,3-4,7-8,24H2,1-2H3,(H2-,25,26,27,33,34)/p+1/t12-,16-,18-,19-,22-,40?/m1/s1. The summed E-state index contributed by atoms with van der Waals surface area (Å²) in [6.07, 6.45) is -1.95. The molecule has 216 valence electrons. The van der Waals surface area contributed by atoms with Gasteiger partial charge in [0, 0.05) is 6.42 Å². The zero-order valence-corrected chi connectivity index (χ0v) is 22.4. The Morgan fingerprint density at radius 3 is 2.58 bits per heavy atom. The molecule has 0 amide bonds. The van der Waals surface area contributed by atoms with Crippen molar-refractivity contribution in [1.82, 2.24) is 19.5 Å². The minimum Gasteiger partial charge on any atom is -0.493 e. The van der Waals surface area contributed by atoms with Gasteiger partial charge in [-0.1, -0.05) is 0 Å². The van der Waals surface area contributed by atoms with E-state index in [0.29, 0.717) is 16.7 Å². The third kappa shape index (κ3) is 5.87. The molecule has 0 aliphatic carbocycles. The van der Waals surface area contributed by atoms with Crippen molar-refractivity contribution in [2.24, 2.45) is 5.73 Å². The monoisotopic (exact) mass is 580 g/mol. The smallest absolute Gasteiger partial charge is 0.320 e.